The standard InChI is InChI=1S/C14H23N3O2/c15-13(17-19)14(5-1-2-6-14)16-12(18)11-8-9-3-4-10(11)7-9/h9-11,19H,1-8H2,(H2,15,17)(H,16,18). The molecule has 0 aromatic rings. The van der Waals surface area contributed by atoms with Crippen LogP contribution in [0.3, 0.4) is 0 Å². The number of nitrogens with zero attached hydrogens (tertiary/aromatic N) is 1. The van der Waals surface area contributed by atoms with Crippen LogP contribution in [0.5, 0.6) is 0 Å². The van der Waals surface area contributed by atoms with E-state index in [0.717, 1.165) is 38.0 Å². The molecule has 5 nitrogen and oxygen atoms in total. The summed E-state index contributed by atoms with van der Waals surface area (Å²) in [6.45, 7) is 0. The molecule has 0 spiro atoms. The molecule has 3 unspecified atom stereocenters. The van der Waals surface area contributed by atoms with Gasteiger partial charge in [-0.05, 0) is 43.9 Å². The maximum Gasteiger partial charge on any atom is 0.224 e. The van der Waals surface area contributed by atoms with Gasteiger partial charge in [-0.15, -0.1) is 0 Å². The van der Waals surface area contributed by atoms with E-state index in [1.807, 2.05) is 0 Å². The van der Waals surface area contributed by atoms with Crippen molar-refractivity contribution in [2.24, 2.45) is 28.6 Å². The van der Waals surface area contributed by atoms with Crippen LogP contribution in [0.2, 0.25) is 0 Å². The minimum atomic E-state index is -0.590. The largest absolute Gasteiger partial charge is 0.409 e. The molecule has 0 aromatic carbocycles. The monoisotopic (exact) mass is 265 g/mol. The minimum absolute atomic E-state index is 0.126. The first-order chi connectivity index (χ1) is 9.14. The molecule has 2 bridgehead atoms. The number of hydrogen-bond donors (Lipinski definition) is 3. The van der Waals surface area contributed by atoms with Crippen molar-refractivity contribution in [1.29, 1.82) is 0 Å². The maximum atomic E-state index is 12.5. The number of fused-ring (bicyclic) bond motifs is 2. The van der Waals surface area contributed by atoms with E-state index in [-0.39, 0.29) is 17.7 Å². The number of oxime groups is 1. The molecule has 4 N–H and O–H groups in total. The predicted octanol–water partition coefficient (Wildman–Crippen LogP) is 1.60. The van der Waals surface area contributed by atoms with Crippen molar-refractivity contribution in [3.63, 3.8) is 0 Å². The molecular formula is C14H23N3O2. The van der Waals surface area contributed by atoms with Crippen molar-refractivity contribution >= 4 is 11.7 Å². The van der Waals surface area contributed by atoms with Gasteiger partial charge in [0.15, 0.2) is 5.84 Å². The van der Waals surface area contributed by atoms with Gasteiger partial charge in [-0.1, -0.05) is 24.4 Å². The molecule has 3 atom stereocenters. The van der Waals surface area contributed by atoms with E-state index in [0.29, 0.717) is 5.92 Å². The number of nitrogens with one attached hydrogen (secondary N) is 1. The summed E-state index contributed by atoms with van der Waals surface area (Å²) in [7, 11) is 0. The normalized spacial score (nSPS) is 36.6. The lowest BCUT2D eigenvalue weighted by molar-refractivity contribution is -0.127. The Morgan fingerprint density at radius 2 is 2.00 bits per heavy atom. The van der Waals surface area contributed by atoms with E-state index in [2.05, 4.69) is 10.5 Å². The van der Waals surface area contributed by atoms with Crippen molar-refractivity contribution in [3.05, 3.63) is 0 Å². The second-order valence-corrected chi connectivity index (χ2v) is 6.55. The zero-order valence-electron chi connectivity index (χ0n) is 11.3. The number of carbonyl (C=O) groups excluding carboxylic acids is 1. The van der Waals surface area contributed by atoms with E-state index < -0.39 is 5.54 Å². The van der Waals surface area contributed by atoms with Crippen LogP contribution in [0, 0.1) is 17.8 Å². The third kappa shape index (κ3) is 2.09. The van der Waals surface area contributed by atoms with Crippen molar-refractivity contribution in [2.45, 2.75) is 56.9 Å². The molecule has 3 fully saturated rings. The molecule has 0 aliphatic heterocycles. The van der Waals surface area contributed by atoms with Gasteiger partial charge in [-0.25, -0.2) is 0 Å². The van der Waals surface area contributed by atoms with Crippen molar-refractivity contribution in [3.8, 4) is 0 Å². The van der Waals surface area contributed by atoms with Gasteiger partial charge in [0.2, 0.25) is 5.91 Å². The molecule has 0 aromatic heterocycles. The van der Waals surface area contributed by atoms with Gasteiger partial charge < -0.3 is 16.3 Å². The van der Waals surface area contributed by atoms with Crippen LogP contribution in [0.1, 0.15) is 51.4 Å². The first kappa shape index (κ1) is 12.8. The lowest BCUT2D eigenvalue weighted by Crippen LogP contribution is -2.57. The molecule has 3 aliphatic carbocycles. The number of amidine groups is 1. The average molecular weight is 265 g/mol. The van der Waals surface area contributed by atoms with Crippen molar-refractivity contribution in [2.75, 3.05) is 0 Å². The highest BCUT2D eigenvalue weighted by Gasteiger charge is 2.46. The van der Waals surface area contributed by atoms with E-state index in [4.69, 9.17) is 10.9 Å². The van der Waals surface area contributed by atoms with Gasteiger partial charge in [0.1, 0.15) is 5.54 Å². The fraction of sp³-hybridized carbons (Fsp3) is 0.857. The molecule has 3 saturated carbocycles. The SMILES string of the molecule is N/C(=N/O)C1(NC(=O)C2CC3CCC2C3)CCCC1. The van der Waals surface area contributed by atoms with Crippen molar-refractivity contribution < 1.29 is 10.0 Å². The van der Waals surface area contributed by atoms with Crippen molar-refractivity contribution in [1.82, 2.24) is 5.32 Å². The van der Waals surface area contributed by atoms with Gasteiger partial charge in [0, 0.05) is 5.92 Å². The fourth-order valence-electron chi connectivity index (χ4n) is 4.41. The van der Waals surface area contributed by atoms with E-state index in [1.54, 1.807) is 0 Å². The lowest BCUT2D eigenvalue weighted by Gasteiger charge is -2.32. The number of hydrogen-bond acceptors (Lipinski definition) is 3. The molecule has 19 heavy (non-hydrogen) atoms. The molecule has 5 heteroatoms. The zero-order valence-corrected chi connectivity index (χ0v) is 11.3. The van der Waals surface area contributed by atoms with Gasteiger partial charge >= 0.3 is 0 Å². The molecule has 1 amide bonds. The van der Waals surface area contributed by atoms with Crippen LogP contribution in [0.25, 0.3) is 0 Å². The predicted molar refractivity (Wildman–Crippen MR) is 71.7 cm³/mol. The Morgan fingerprint density at radius 3 is 2.53 bits per heavy atom. The molecule has 0 heterocycles. The average Bonchev–Trinajstić information content (AvgIpc) is 3.13. The Morgan fingerprint density at radius 1 is 1.26 bits per heavy atom. The summed E-state index contributed by atoms with van der Waals surface area (Å²) in [5, 5.41) is 15.2. The van der Waals surface area contributed by atoms with Gasteiger partial charge in [0.05, 0.1) is 0 Å². The molecule has 106 valence electrons. The van der Waals surface area contributed by atoms with E-state index in [9.17, 15) is 4.79 Å². The quantitative estimate of drug-likeness (QED) is 0.313. The Bertz CT molecular complexity index is 401. The Hall–Kier alpha value is -1.26. The third-order valence-electron chi connectivity index (χ3n) is 5.49. The number of nitrogens with two attached hydrogens (primary N) is 1. The van der Waals surface area contributed by atoms with E-state index >= 15 is 0 Å². The highest BCUT2D eigenvalue weighted by Crippen LogP contribution is 2.48. The lowest BCUT2D eigenvalue weighted by atomic mass is 9.86. The van der Waals surface area contributed by atoms with Crippen LogP contribution < -0.4 is 11.1 Å². The van der Waals surface area contributed by atoms with Gasteiger partial charge in [-0.2, -0.15) is 0 Å². The zero-order chi connectivity index (χ0) is 13.5. The topological polar surface area (TPSA) is 87.7 Å². The highest BCUT2D eigenvalue weighted by molar-refractivity contribution is 5.94. The first-order valence-corrected chi connectivity index (χ1v) is 7.45. The molecule has 3 rings (SSSR count). The second kappa shape index (κ2) is 4.69. The smallest absolute Gasteiger partial charge is 0.224 e. The number of carbonyl (C=O) groups is 1. The highest BCUT2D eigenvalue weighted by atomic mass is 16.4. The van der Waals surface area contributed by atoms with Crippen LogP contribution in [0.4, 0.5) is 0 Å². The van der Waals surface area contributed by atoms with E-state index in [1.165, 1.54) is 19.3 Å². The first-order valence-electron chi connectivity index (χ1n) is 7.45. The Kier molecular flexibility index (Phi) is 3.15. The maximum absolute atomic E-state index is 12.5. The minimum Gasteiger partial charge on any atom is -0.409 e. The number of amides is 1. The summed E-state index contributed by atoms with van der Waals surface area (Å²) < 4.78 is 0. The fourth-order valence-corrected chi connectivity index (χ4v) is 4.41. The van der Waals surface area contributed by atoms with Gasteiger partial charge in [-0.3, -0.25) is 4.79 Å². The summed E-state index contributed by atoms with van der Waals surface area (Å²) in [6, 6.07) is 0. The summed E-state index contributed by atoms with van der Waals surface area (Å²) in [5.41, 5.74) is 5.23. The van der Waals surface area contributed by atoms with Crippen LogP contribution in [-0.4, -0.2) is 22.5 Å². The van der Waals surface area contributed by atoms with Crippen LogP contribution in [-0.2, 0) is 4.79 Å². The summed E-state index contributed by atoms with van der Waals surface area (Å²) in [4.78, 5) is 12.5. The summed E-state index contributed by atoms with van der Waals surface area (Å²) >= 11 is 0. The Labute approximate surface area is 113 Å². The number of rotatable bonds is 3. The molecular weight excluding hydrogens is 242 g/mol. The third-order valence-corrected chi connectivity index (χ3v) is 5.49. The summed E-state index contributed by atoms with van der Waals surface area (Å²) in [5.74, 6) is 1.77. The summed E-state index contributed by atoms with van der Waals surface area (Å²) in [6.07, 6.45) is 8.35. The molecule has 0 saturated heterocycles. The van der Waals surface area contributed by atoms with Crippen LogP contribution in [0.15, 0.2) is 5.16 Å². The second-order valence-electron chi connectivity index (χ2n) is 6.55. The molecule has 3 aliphatic rings. The Balaban J connectivity index is 1.70. The van der Waals surface area contributed by atoms with Gasteiger partial charge in [0.25, 0.3) is 0 Å². The van der Waals surface area contributed by atoms with Crippen LogP contribution >= 0.6 is 0 Å². The molecule has 0 radical (unpaired) electrons.